The van der Waals surface area contributed by atoms with Crippen molar-refractivity contribution in [3.05, 3.63) is 59.9 Å². The number of amides is 1. The topological polar surface area (TPSA) is 62.8 Å². The number of nitrogens with one attached hydrogen (secondary N) is 2. The van der Waals surface area contributed by atoms with Crippen LogP contribution in [0.2, 0.25) is 0 Å². The number of rotatable bonds is 7. The van der Waals surface area contributed by atoms with Crippen molar-refractivity contribution in [2.45, 2.75) is 25.0 Å². The van der Waals surface area contributed by atoms with Crippen molar-refractivity contribution in [2.24, 2.45) is 0 Å². The van der Waals surface area contributed by atoms with Crippen molar-refractivity contribution >= 4 is 5.91 Å². The number of likely N-dealkylation sites (N-methyl/N-ethyl adjacent to an activating group) is 1. The molecular formula is C20H24FN3O3. The van der Waals surface area contributed by atoms with Gasteiger partial charge in [-0.2, -0.15) is 0 Å². The third-order valence-electron chi connectivity index (χ3n) is 4.50. The molecule has 1 heterocycles. The van der Waals surface area contributed by atoms with Gasteiger partial charge in [0.25, 0.3) is 0 Å². The quantitative estimate of drug-likeness (QED) is 0.778. The predicted molar refractivity (Wildman–Crippen MR) is 99.8 cm³/mol. The molecule has 0 radical (unpaired) electrons. The predicted octanol–water partition coefficient (Wildman–Crippen LogP) is 2.11. The molecule has 0 aromatic heterocycles. The van der Waals surface area contributed by atoms with Gasteiger partial charge in [0.1, 0.15) is 30.0 Å². The Hall–Kier alpha value is -2.64. The molecule has 2 aromatic rings. The van der Waals surface area contributed by atoms with Gasteiger partial charge in [-0.15, -0.1) is 0 Å². The third kappa shape index (κ3) is 4.96. The van der Waals surface area contributed by atoms with Crippen LogP contribution in [0.25, 0.3) is 0 Å². The number of hydrogen-bond donors (Lipinski definition) is 2. The Labute approximate surface area is 158 Å². The number of hydrogen-bond acceptors (Lipinski definition) is 5. The molecule has 7 heteroatoms. The average Bonchev–Trinajstić information content (AvgIpc) is 3.15. The van der Waals surface area contributed by atoms with Crippen LogP contribution in [0.4, 0.5) is 4.39 Å². The Morgan fingerprint density at radius 1 is 1.22 bits per heavy atom. The molecule has 2 N–H and O–H groups in total. The Balaban J connectivity index is 1.51. The minimum absolute atomic E-state index is 0.0124. The number of methoxy groups -OCH3 is 1. The molecular weight excluding hydrogens is 349 g/mol. The molecule has 1 fully saturated rings. The van der Waals surface area contributed by atoms with Crippen molar-refractivity contribution in [3.63, 3.8) is 0 Å². The zero-order valence-electron chi connectivity index (χ0n) is 15.4. The first kappa shape index (κ1) is 19.1. The summed E-state index contributed by atoms with van der Waals surface area (Å²) in [5, 5.41) is 0. The highest BCUT2D eigenvalue weighted by molar-refractivity contribution is 5.82. The molecule has 1 aliphatic heterocycles. The number of carbonyl (C=O) groups is 1. The highest BCUT2D eigenvalue weighted by Crippen LogP contribution is 2.20. The second-order valence-electron chi connectivity index (χ2n) is 6.55. The molecule has 2 aromatic carbocycles. The number of halogens is 1. The van der Waals surface area contributed by atoms with Crippen LogP contribution >= 0.6 is 0 Å². The van der Waals surface area contributed by atoms with E-state index in [0.29, 0.717) is 25.3 Å². The molecule has 0 bridgehead atoms. The Morgan fingerprint density at radius 2 is 2.04 bits per heavy atom. The minimum Gasteiger partial charge on any atom is -0.496 e. The Morgan fingerprint density at radius 3 is 2.81 bits per heavy atom. The molecule has 0 saturated carbocycles. The summed E-state index contributed by atoms with van der Waals surface area (Å²) >= 11 is 0. The van der Waals surface area contributed by atoms with Crippen molar-refractivity contribution < 1.29 is 18.7 Å². The third-order valence-corrected chi connectivity index (χ3v) is 4.50. The van der Waals surface area contributed by atoms with E-state index >= 15 is 0 Å². The van der Waals surface area contributed by atoms with Crippen molar-refractivity contribution in [3.8, 4) is 11.5 Å². The minimum atomic E-state index is -0.342. The van der Waals surface area contributed by atoms with Gasteiger partial charge in [-0.25, -0.2) is 9.82 Å². The van der Waals surface area contributed by atoms with Crippen LogP contribution in [0.5, 0.6) is 11.5 Å². The molecule has 0 aliphatic carbocycles. The summed E-state index contributed by atoms with van der Waals surface area (Å²) in [4.78, 5) is 14.4. The molecule has 144 valence electrons. The molecule has 0 spiro atoms. The number of nitrogens with zero attached hydrogens (tertiary/aromatic N) is 1. The van der Waals surface area contributed by atoms with Gasteiger partial charge in [0.15, 0.2) is 0 Å². The lowest BCUT2D eigenvalue weighted by molar-refractivity contribution is -0.132. The summed E-state index contributed by atoms with van der Waals surface area (Å²) in [6, 6.07) is 13.3. The van der Waals surface area contributed by atoms with E-state index in [0.717, 1.165) is 11.3 Å². The van der Waals surface area contributed by atoms with Gasteiger partial charge in [0.2, 0.25) is 5.91 Å². The monoisotopic (exact) mass is 373 g/mol. The maximum atomic E-state index is 13.2. The molecule has 1 aliphatic rings. The van der Waals surface area contributed by atoms with Gasteiger partial charge in [-0.3, -0.25) is 10.2 Å². The second-order valence-corrected chi connectivity index (χ2v) is 6.55. The molecule has 2 atom stereocenters. The summed E-state index contributed by atoms with van der Waals surface area (Å²) in [6.45, 7) is 0.807. The lowest BCUT2D eigenvalue weighted by Crippen LogP contribution is -2.44. The first-order valence-electron chi connectivity index (χ1n) is 8.83. The summed E-state index contributed by atoms with van der Waals surface area (Å²) in [5.41, 5.74) is 7.05. The van der Waals surface area contributed by atoms with Crippen molar-refractivity contribution in [2.75, 3.05) is 20.8 Å². The normalized spacial score (nSPS) is 18.9. The molecule has 6 nitrogen and oxygen atoms in total. The largest absolute Gasteiger partial charge is 0.496 e. The maximum absolute atomic E-state index is 13.2. The zero-order valence-corrected chi connectivity index (χ0v) is 15.4. The van der Waals surface area contributed by atoms with Gasteiger partial charge in [-0.1, -0.05) is 24.3 Å². The average molecular weight is 373 g/mol. The summed E-state index contributed by atoms with van der Waals surface area (Å²) < 4.78 is 24.1. The smallest absolute Gasteiger partial charge is 0.241 e. The molecule has 2 unspecified atom stereocenters. The molecule has 1 amide bonds. The van der Waals surface area contributed by atoms with Gasteiger partial charge in [0, 0.05) is 25.2 Å². The first-order valence-corrected chi connectivity index (χ1v) is 8.83. The summed E-state index contributed by atoms with van der Waals surface area (Å²) in [7, 11) is 3.39. The highest BCUT2D eigenvalue weighted by atomic mass is 19.1. The molecule has 27 heavy (non-hydrogen) atoms. The van der Waals surface area contributed by atoms with E-state index in [4.69, 9.17) is 9.47 Å². The summed E-state index contributed by atoms with van der Waals surface area (Å²) in [6.07, 6.45) is 0.588. The zero-order chi connectivity index (χ0) is 19.2. The highest BCUT2D eigenvalue weighted by Gasteiger charge is 2.31. The standard InChI is InChI=1S/C20H24FN3O3/c1-24(12-14-6-3-4-9-19(14)26-2)20(25)18-11-16(22-23-18)13-27-17-8-5-7-15(21)10-17/h3-10,16,18,22-23H,11-13H2,1-2H3. The van der Waals surface area contributed by atoms with E-state index in [1.54, 1.807) is 31.2 Å². The van der Waals surface area contributed by atoms with E-state index in [1.165, 1.54) is 12.1 Å². The van der Waals surface area contributed by atoms with Gasteiger partial charge in [-0.05, 0) is 24.6 Å². The second kappa shape index (κ2) is 8.83. The van der Waals surface area contributed by atoms with Crippen molar-refractivity contribution in [1.82, 2.24) is 15.8 Å². The number of benzene rings is 2. The van der Waals surface area contributed by atoms with Crippen LogP contribution in [0.3, 0.4) is 0 Å². The number of ether oxygens (including phenoxy) is 2. The number of hydrazine groups is 1. The van der Waals surface area contributed by atoms with Crippen LogP contribution in [-0.4, -0.2) is 43.7 Å². The fourth-order valence-corrected chi connectivity index (χ4v) is 3.08. The molecule has 3 rings (SSSR count). The van der Waals surface area contributed by atoms with Crippen molar-refractivity contribution in [1.29, 1.82) is 0 Å². The van der Waals surface area contributed by atoms with E-state index in [9.17, 15) is 9.18 Å². The van der Waals surface area contributed by atoms with Crippen LogP contribution < -0.4 is 20.3 Å². The molecule has 1 saturated heterocycles. The maximum Gasteiger partial charge on any atom is 0.241 e. The number of carbonyl (C=O) groups excluding carboxylic acids is 1. The Bertz CT molecular complexity index is 787. The van der Waals surface area contributed by atoms with E-state index in [-0.39, 0.29) is 23.8 Å². The van der Waals surface area contributed by atoms with Gasteiger partial charge < -0.3 is 14.4 Å². The number of para-hydroxylation sites is 1. The van der Waals surface area contributed by atoms with Crippen LogP contribution in [0.1, 0.15) is 12.0 Å². The van der Waals surface area contributed by atoms with E-state index in [2.05, 4.69) is 10.9 Å². The van der Waals surface area contributed by atoms with Gasteiger partial charge >= 0.3 is 0 Å². The fraction of sp³-hybridized carbons (Fsp3) is 0.350. The van der Waals surface area contributed by atoms with Crippen LogP contribution in [0.15, 0.2) is 48.5 Å². The van der Waals surface area contributed by atoms with Crippen LogP contribution in [-0.2, 0) is 11.3 Å². The summed E-state index contributed by atoms with van der Waals surface area (Å²) in [5.74, 6) is 0.883. The SMILES string of the molecule is COc1ccccc1CN(C)C(=O)C1CC(COc2cccc(F)c2)NN1. The Kier molecular flexibility index (Phi) is 6.26. The lowest BCUT2D eigenvalue weighted by atomic mass is 10.1. The van der Waals surface area contributed by atoms with E-state index < -0.39 is 0 Å². The van der Waals surface area contributed by atoms with Crippen LogP contribution in [0, 0.1) is 5.82 Å². The van der Waals surface area contributed by atoms with E-state index in [1.807, 2.05) is 24.3 Å². The van der Waals surface area contributed by atoms with Gasteiger partial charge in [0.05, 0.1) is 13.2 Å². The first-order chi connectivity index (χ1) is 13.1. The fourth-order valence-electron chi connectivity index (χ4n) is 3.08. The lowest BCUT2D eigenvalue weighted by Gasteiger charge is -2.22.